The number of hydrogen-bond acceptors (Lipinski definition) is 2. The summed E-state index contributed by atoms with van der Waals surface area (Å²) in [7, 11) is 3.57. The van der Waals surface area contributed by atoms with Crippen molar-refractivity contribution < 1.29 is 9.18 Å². The van der Waals surface area contributed by atoms with Gasteiger partial charge in [-0.05, 0) is 43.7 Å². The summed E-state index contributed by atoms with van der Waals surface area (Å²) in [5.41, 5.74) is 1.28. The van der Waals surface area contributed by atoms with Gasteiger partial charge in [-0.1, -0.05) is 13.8 Å². The van der Waals surface area contributed by atoms with Gasteiger partial charge in [0.2, 0.25) is 5.91 Å². The smallest absolute Gasteiger partial charge is 0.231 e. The van der Waals surface area contributed by atoms with Crippen LogP contribution in [0, 0.1) is 24.6 Å². The maximum Gasteiger partial charge on any atom is 0.231 e. The maximum absolute atomic E-state index is 13.3. The normalized spacial score (nSPS) is 12.6. The molecule has 0 saturated carbocycles. The molecule has 0 spiro atoms. The van der Waals surface area contributed by atoms with Gasteiger partial charge in [0.05, 0.1) is 5.92 Å². The molecule has 1 amide bonds. The predicted molar refractivity (Wildman–Crippen MR) is 76.8 cm³/mol. The van der Waals surface area contributed by atoms with Crippen molar-refractivity contribution in [2.24, 2.45) is 11.8 Å². The standard InChI is InChI=1S/C15H23FN2O/c1-10(2)13(9-17-4)15(19)18(5)12-6-7-14(16)11(3)8-12/h6-8,10,13,17H,9H2,1-5H3. The van der Waals surface area contributed by atoms with Crippen LogP contribution < -0.4 is 10.2 Å². The minimum atomic E-state index is -0.250. The average Bonchev–Trinajstić information content (AvgIpc) is 2.37. The van der Waals surface area contributed by atoms with Crippen LogP contribution in [0.5, 0.6) is 0 Å². The van der Waals surface area contributed by atoms with E-state index in [0.29, 0.717) is 12.1 Å². The average molecular weight is 266 g/mol. The van der Waals surface area contributed by atoms with Gasteiger partial charge in [0, 0.05) is 19.3 Å². The highest BCUT2D eigenvalue weighted by molar-refractivity contribution is 5.94. The van der Waals surface area contributed by atoms with Gasteiger partial charge in [-0.25, -0.2) is 4.39 Å². The van der Waals surface area contributed by atoms with Crippen LogP contribution in [0.4, 0.5) is 10.1 Å². The maximum atomic E-state index is 13.3. The van der Waals surface area contributed by atoms with Gasteiger partial charge >= 0.3 is 0 Å². The fraction of sp³-hybridized carbons (Fsp3) is 0.533. The largest absolute Gasteiger partial charge is 0.319 e. The van der Waals surface area contributed by atoms with Crippen LogP contribution in [0.15, 0.2) is 18.2 Å². The number of anilines is 1. The van der Waals surface area contributed by atoms with Gasteiger partial charge in [0.25, 0.3) is 0 Å². The summed E-state index contributed by atoms with van der Waals surface area (Å²) in [5, 5.41) is 3.05. The van der Waals surface area contributed by atoms with E-state index in [4.69, 9.17) is 0 Å². The number of aryl methyl sites for hydroxylation is 1. The van der Waals surface area contributed by atoms with E-state index in [2.05, 4.69) is 5.32 Å². The van der Waals surface area contributed by atoms with Gasteiger partial charge in [-0.3, -0.25) is 4.79 Å². The van der Waals surface area contributed by atoms with E-state index in [-0.39, 0.29) is 23.6 Å². The van der Waals surface area contributed by atoms with Crippen molar-refractivity contribution in [3.05, 3.63) is 29.6 Å². The molecule has 1 unspecified atom stereocenters. The third-order valence-corrected chi connectivity index (χ3v) is 3.41. The van der Waals surface area contributed by atoms with Crippen LogP contribution in [0.3, 0.4) is 0 Å². The van der Waals surface area contributed by atoms with Crippen molar-refractivity contribution in [2.45, 2.75) is 20.8 Å². The number of rotatable bonds is 5. The quantitative estimate of drug-likeness (QED) is 0.888. The zero-order valence-electron chi connectivity index (χ0n) is 12.3. The second kappa shape index (κ2) is 6.66. The first-order chi connectivity index (χ1) is 8.88. The Kier molecular flexibility index (Phi) is 5.48. The lowest BCUT2D eigenvalue weighted by Crippen LogP contribution is -2.40. The number of hydrogen-bond donors (Lipinski definition) is 1. The topological polar surface area (TPSA) is 32.3 Å². The SMILES string of the molecule is CNCC(C(=O)N(C)c1ccc(F)c(C)c1)C(C)C. The molecule has 0 bridgehead atoms. The first-order valence-corrected chi connectivity index (χ1v) is 6.56. The lowest BCUT2D eigenvalue weighted by atomic mass is 9.94. The molecular weight excluding hydrogens is 243 g/mol. The van der Waals surface area contributed by atoms with E-state index in [0.717, 1.165) is 5.69 Å². The number of carbonyl (C=O) groups is 1. The second-order valence-electron chi connectivity index (χ2n) is 5.24. The number of amides is 1. The van der Waals surface area contributed by atoms with E-state index >= 15 is 0 Å². The van der Waals surface area contributed by atoms with Gasteiger partial charge in [-0.2, -0.15) is 0 Å². The molecule has 19 heavy (non-hydrogen) atoms. The minimum absolute atomic E-state index is 0.0513. The highest BCUT2D eigenvalue weighted by Gasteiger charge is 2.25. The van der Waals surface area contributed by atoms with Crippen LogP contribution in [0.1, 0.15) is 19.4 Å². The molecule has 1 aromatic carbocycles. The highest BCUT2D eigenvalue weighted by atomic mass is 19.1. The van der Waals surface area contributed by atoms with Crippen LogP contribution >= 0.6 is 0 Å². The first-order valence-electron chi connectivity index (χ1n) is 6.56. The molecule has 0 aromatic heterocycles. The van der Waals surface area contributed by atoms with Gasteiger partial charge < -0.3 is 10.2 Å². The molecule has 3 nitrogen and oxygen atoms in total. The van der Waals surface area contributed by atoms with Crippen molar-refractivity contribution in [1.29, 1.82) is 0 Å². The summed E-state index contributed by atoms with van der Waals surface area (Å²) in [6.07, 6.45) is 0. The van der Waals surface area contributed by atoms with Crippen LogP contribution in [0.25, 0.3) is 0 Å². The third kappa shape index (κ3) is 3.77. The van der Waals surface area contributed by atoms with Crippen LogP contribution in [-0.2, 0) is 4.79 Å². The zero-order valence-corrected chi connectivity index (χ0v) is 12.3. The third-order valence-electron chi connectivity index (χ3n) is 3.41. The Morgan fingerprint density at radius 2 is 2.05 bits per heavy atom. The summed E-state index contributed by atoms with van der Waals surface area (Å²) in [4.78, 5) is 14.1. The molecule has 1 N–H and O–H groups in total. The second-order valence-corrected chi connectivity index (χ2v) is 5.24. The molecule has 0 fully saturated rings. The molecule has 0 aliphatic carbocycles. The molecule has 1 rings (SSSR count). The van der Waals surface area contributed by atoms with Crippen molar-refractivity contribution >= 4 is 11.6 Å². The highest BCUT2D eigenvalue weighted by Crippen LogP contribution is 2.21. The molecule has 0 aliphatic rings. The minimum Gasteiger partial charge on any atom is -0.319 e. The zero-order chi connectivity index (χ0) is 14.6. The Bertz CT molecular complexity index is 446. The van der Waals surface area contributed by atoms with E-state index in [1.165, 1.54) is 6.07 Å². The molecule has 0 radical (unpaired) electrons. The Morgan fingerprint density at radius 3 is 2.53 bits per heavy atom. The molecule has 0 saturated heterocycles. The molecule has 1 atom stereocenters. The van der Waals surface area contributed by atoms with Crippen molar-refractivity contribution in [3.63, 3.8) is 0 Å². The summed E-state index contributed by atoms with van der Waals surface area (Å²) in [6, 6.07) is 4.73. The summed E-state index contributed by atoms with van der Waals surface area (Å²) in [6.45, 7) is 6.40. The van der Waals surface area contributed by atoms with E-state index < -0.39 is 0 Å². The van der Waals surface area contributed by atoms with Gasteiger partial charge in [0.1, 0.15) is 5.82 Å². The number of carbonyl (C=O) groups excluding carboxylic acids is 1. The number of nitrogens with zero attached hydrogens (tertiary/aromatic N) is 1. The molecular formula is C15H23FN2O. The fourth-order valence-corrected chi connectivity index (χ4v) is 2.04. The summed E-state index contributed by atoms with van der Waals surface area (Å²) in [5.74, 6) is -0.0279. The van der Waals surface area contributed by atoms with E-state index in [1.807, 2.05) is 20.9 Å². The van der Waals surface area contributed by atoms with Crippen LogP contribution in [0.2, 0.25) is 0 Å². The van der Waals surface area contributed by atoms with Gasteiger partial charge in [-0.15, -0.1) is 0 Å². The molecule has 106 valence electrons. The van der Waals surface area contributed by atoms with Crippen molar-refractivity contribution in [1.82, 2.24) is 5.32 Å². The number of benzene rings is 1. The molecule has 4 heteroatoms. The van der Waals surface area contributed by atoms with E-state index in [1.54, 1.807) is 31.0 Å². The fourth-order valence-electron chi connectivity index (χ4n) is 2.04. The summed E-state index contributed by atoms with van der Waals surface area (Å²) < 4.78 is 13.3. The van der Waals surface area contributed by atoms with Gasteiger partial charge in [0.15, 0.2) is 0 Å². The molecule has 1 aromatic rings. The Balaban J connectivity index is 2.94. The lowest BCUT2D eigenvalue weighted by Gasteiger charge is -2.26. The first kappa shape index (κ1) is 15.6. The Hall–Kier alpha value is -1.42. The Labute approximate surface area is 114 Å². The van der Waals surface area contributed by atoms with Crippen molar-refractivity contribution in [3.8, 4) is 0 Å². The monoisotopic (exact) mass is 266 g/mol. The number of halogens is 1. The lowest BCUT2D eigenvalue weighted by molar-refractivity contribution is -0.123. The number of nitrogens with one attached hydrogen (secondary N) is 1. The summed E-state index contributed by atoms with van der Waals surface area (Å²) >= 11 is 0. The molecule has 0 heterocycles. The predicted octanol–water partition coefficient (Wildman–Crippen LogP) is 2.59. The van der Waals surface area contributed by atoms with Crippen molar-refractivity contribution in [2.75, 3.05) is 25.5 Å². The van der Waals surface area contributed by atoms with E-state index in [9.17, 15) is 9.18 Å². The Morgan fingerprint density at radius 1 is 1.42 bits per heavy atom. The van der Waals surface area contributed by atoms with Crippen LogP contribution in [-0.4, -0.2) is 26.5 Å². The molecule has 0 aliphatic heterocycles.